The first-order valence-electron chi connectivity index (χ1n) is 3.31. The van der Waals surface area contributed by atoms with Crippen LogP contribution in [-0.4, -0.2) is 4.69 Å². The summed E-state index contributed by atoms with van der Waals surface area (Å²) in [7, 11) is 0. The summed E-state index contributed by atoms with van der Waals surface area (Å²) in [4.78, 5) is 10.5. The molecule has 13 heavy (non-hydrogen) atoms. The Kier molecular flexibility index (Phi) is 4.23. The highest BCUT2D eigenvalue weighted by atomic mass is 79.9. The van der Waals surface area contributed by atoms with Gasteiger partial charge in [0.1, 0.15) is 4.83 Å². The Morgan fingerprint density at radius 2 is 1.77 bits per heavy atom. The quantitative estimate of drug-likeness (QED) is 0.574. The Labute approximate surface area is 103 Å². The van der Waals surface area contributed by atoms with Crippen LogP contribution in [0.1, 0.15) is 10.4 Å². The van der Waals surface area contributed by atoms with Crippen molar-refractivity contribution >= 4 is 59.8 Å². The zero-order chi connectivity index (χ0) is 10.0. The van der Waals surface area contributed by atoms with Crippen molar-refractivity contribution in [3.8, 4) is 0 Å². The van der Waals surface area contributed by atoms with Crippen molar-refractivity contribution in [3.63, 3.8) is 0 Å². The van der Waals surface area contributed by atoms with Gasteiger partial charge in [-0.2, -0.15) is 0 Å². The number of alkyl halides is 1. The molecule has 1 nitrogen and oxygen atoms in total. The smallest absolute Gasteiger partial charge is 0.215 e. The maximum absolute atomic E-state index is 11.0. The minimum atomic E-state index is -0.506. The molecule has 0 fully saturated rings. The minimum Gasteiger partial charge on any atom is -0.285 e. The number of carbonyl (C=O) groups is 1. The number of rotatable bonds is 2. The third-order valence-electron chi connectivity index (χ3n) is 1.45. The Morgan fingerprint density at radius 3 is 2.15 bits per heavy atom. The molecule has 0 amide bonds. The van der Waals surface area contributed by atoms with Crippen LogP contribution >= 0.6 is 55.1 Å². The highest BCUT2D eigenvalue weighted by Crippen LogP contribution is 2.36. The van der Waals surface area contributed by atoms with Crippen molar-refractivity contribution in [2.24, 2.45) is 0 Å². The normalized spacial score (nSPS) is 12.6. The van der Waals surface area contributed by atoms with E-state index in [1.165, 1.54) is 0 Å². The van der Waals surface area contributed by atoms with Gasteiger partial charge in [0, 0.05) is 15.6 Å². The Morgan fingerprint density at radius 1 is 1.31 bits per heavy atom. The first-order chi connectivity index (χ1) is 6.04. The maximum Gasteiger partial charge on any atom is 0.215 e. The molecule has 0 aromatic heterocycles. The lowest BCUT2D eigenvalue weighted by Crippen LogP contribution is -1.99. The summed E-state index contributed by atoms with van der Waals surface area (Å²) >= 11 is 17.8. The molecule has 0 aliphatic heterocycles. The van der Waals surface area contributed by atoms with E-state index < -0.39 is 4.83 Å². The molecule has 0 aliphatic carbocycles. The summed E-state index contributed by atoms with van der Waals surface area (Å²) in [6.45, 7) is 0. The lowest BCUT2D eigenvalue weighted by atomic mass is 10.2. The Bertz CT molecular complexity index is 321. The molecule has 0 aliphatic rings. The molecule has 0 radical (unpaired) electrons. The fourth-order valence-electron chi connectivity index (χ4n) is 0.866. The van der Waals surface area contributed by atoms with Crippen molar-refractivity contribution in [3.05, 3.63) is 33.8 Å². The molecule has 1 rings (SSSR count). The molecule has 0 heterocycles. The topological polar surface area (TPSA) is 17.1 Å². The van der Waals surface area contributed by atoms with E-state index in [4.69, 9.17) is 23.2 Å². The second-order valence-electron chi connectivity index (χ2n) is 2.30. The second kappa shape index (κ2) is 4.78. The van der Waals surface area contributed by atoms with Crippen LogP contribution < -0.4 is 0 Å². The summed E-state index contributed by atoms with van der Waals surface area (Å²) in [5.41, 5.74) is 0.590. The first kappa shape index (κ1) is 11.5. The van der Waals surface area contributed by atoms with Gasteiger partial charge in [-0.15, -0.1) is 0 Å². The van der Waals surface area contributed by atoms with Crippen LogP contribution in [0.3, 0.4) is 0 Å². The van der Waals surface area contributed by atoms with Crippen LogP contribution in [0.2, 0.25) is 10.0 Å². The van der Waals surface area contributed by atoms with Crippen LogP contribution in [0.15, 0.2) is 18.2 Å². The van der Waals surface area contributed by atoms with Crippen LogP contribution in [0.4, 0.5) is 0 Å². The van der Waals surface area contributed by atoms with Crippen molar-refractivity contribution in [1.82, 2.24) is 0 Å². The van der Waals surface area contributed by atoms with E-state index in [1.54, 1.807) is 18.2 Å². The van der Waals surface area contributed by atoms with Gasteiger partial charge < -0.3 is 0 Å². The third kappa shape index (κ3) is 2.69. The number of hydrogen-bond acceptors (Lipinski definition) is 1. The van der Waals surface area contributed by atoms with Crippen molar-refractivity contribution in [2.45, 2.75) is 4.83 Å². The number of halogens is 4. The Balaban J connectivity index is 3.20. The lowest BCUT2D eigenvalue weighted by molar-refractivity contribution is -0.109. The molecular weight excluding hydrogens is 343 g/mol. The highest BCUT2D eigenvalue weighted by molar-refractivity contribution is 9.19. The fourth-order valence-corrected chi connectivity index (χ4v) is 2.47. The molecular formula is C8H4Br2Cl2O. The number of benzene rings is 1. The second-order valence-corrected chi connectivity index (χ2v) is 4.81. The monoisotopic (exact) mass is 344 g/mol. The van der Waals surface area contributed by atoms with Crippen LogP contribution in [0.5, 0.6) is 0 Å². The van der Waals surface area contributed by atoms with Gasteiger partial charge in [0.05, 0.1) is 0 Å². The molecule has 0 spiro atoms. The molecule has 1 aromatic rings. The van der Waals surface area contributed by atoms with Gasteiger partial charge >= 0.3 is 0 Å². The molecule has 0 bridgehead atoms. The van der Waals surface area contributed by atoms with Crippen molar-refractivity contribution in [1.29, 1.82) is 0 Å². The molecule has 70 valence electrons. The number of hydrogen-bond donors (Lipinski definition) is 0. The summed E-state index contributed by atoms with van der Waals surface area (Å²) in [5, 5.41) is 0.948. The molecule has 5 heteroatoms. The van der Waals surface area contributed by atoms with E-state index in [0.717, 1.165) is 0 Å². The fraction of sp³-hybridized carbons (Fsp3) is 0.125. The van der Waals surface area contributed by atoms with Crippen LogP contribution in [0, 0.1) is 0 Å². The van der Waals surface area contributed by atoms with Gasteiger partial charge in [-0.05, 0) is 28.1 Å². The largest absolute Gasteiger partial charge is 0.285 e. The summed E-state index contributed by atoms with van der Waals surface area (Å²) in [6, 6.07) is 5.10. The van der Waals surface area contributed by atoms with Crippen LogP contribution in [-0.2, 0) is 4.79 Å². The highest BCUT2D eigenvalue weighted by Gasteiger charge is 2.19. The van der Waals surface area contributed by atoms with Gasteiger partial charge in [0.2, 0.25) is 4.69 Å². The van der Waals surface area contributed by atoms with E-state index in [0.29, 0.717) is 15.6 Å². The molecule has 0 saturated heterocycles. The van der Waals surface area contributed by atoms with E-state index in [2.05, 4.69) is 31.9 Å². The van der Waals surface area contributed by atoms with Gasteiger partial charge in [0.15, 0.2) is 0 Å². The molecule has 0 saturated carbocycles. The third-order valence-corrected chi connectivity index (χ3v) is 4.06. The number of carbonyl (C=O) groups excluding carboxylic acids is 1. The Hall–Kier alpha value is 0.430. The van der Waals surface area contributed by atoms with E-state index in [-0.39, 0.29) is 4.69 Å². The van der Waals surface area contributed by atoms with Crippen molar-refractivity contribution < 1.29 is 4.79 Å². The molecule has 0 N–H and O–H groups in total. The summed E-state index contributed by atoms with van der Waals surface area (Å²) in [6.07, 6.45) is 0. The van der Waals surface area contributed by atoms with Crippen molar-refractivity contribution in [2.75, 3.05) is 0 Å². The van der Waals surface area contributed by atoms with E-state index in [9.17, 15) is 4.79 Å². The summed E-state index contributed by atoms with van der Waals surface area (Å²) in [5.74, 6) is 0. The standard InChI is InChI=1S/C8H4Br2Cl2O/c9-7(8(10)13)6-4(11)2-1-3-5(6)12/h1-3,7H. The predicted molar refractivity (Wildman–Crippen MR) is 62.1 cm³/mol. The molecule has 1 unspecified atom stereocenters. The first-order valence-corrected chi connectivity index (χ1v) is 5.78. The lowest BCUT2D eigenvalue weighted by Gasteiger charge is -2.09. The van der Waals surface area contributed by atoms with Crippen LogP contribution in [0.25, 0.3) is 0 Å². The minimum absolute atomic E-state index is 0.206. The zero-order valence-corrected chi connectivity index (χ0v) is 10.9. The average Bonchev–Trinajstić information content (AvgIpc) is 2.03. The summed E-state index contributed by atoms with van der Waals surface area (Å²) < 4.78 is -0.206. The molecule has 1 atom stereocenters. The average molecular weight is 347 g/mol. The molecule has 1 aromatic carbocycles. The van der Waals surface area contributed by atoms with Gasteiger partial charge in [-0.3, -0.25) is 4.79 Å². The maximum atomic E-state index is 11.0. The van der Waals surface area contributed by atoms with E-state index >= 15 is 0 Å². The van der Waals surface area contributed by atoms with E-state index in [1.807, 2.05) is 0 Å². The SMILES string of the molecule is O=C(Br)C(Br)c1c(Cl)cccc1Cl. The zero-order valence-electron chi connectivity index (χ0n) is 6.23. The predicted octanol–water partition coefficient (Wildman–Crippen LogP) is 4.35. The van der Waals surface area contributed by atoms with Gasteiger partial charge in [-0.25, -0.2) is 0 Å². The van der Waals surface area contributed by atoms with Gasteiger partial charge in [0.25, 0.3) is 0 Å². The van der Waals surface area contributed by atoms with Gasteiger partial charge in [-0.1, -0.05) is 45.2 Å².